The molecule has 1 unspecified atom stereocenters. The fourth-order valence-electron chi connectivity index (χ4n) is 6.38. The lowest BCUT2D eigenvalue weighted by Crippen LogP contribution is -2.35. The molecule has 3 heterocycles. The van der Waals surface area contributed by atoms with Gasteiger partial charge in [0.1, 0.15) is 6.33 Å². The van der Waals surface area contributed by atoms with Gasteiger partial charge in [-0.1, -0.05) is 61.9 Å². The number of nitrogens with one attached hydrogen (secondary N) is 1. The second-order valence-corrected chi connectivity index (χ2v) is 11.6. The third-order valence-corrected chi connectivity index (χ3v) is 8.60. The number of benzene rings is 2. The Kier molecular flexibility index (Phi) is 8.81. The maximum absolute atomic E-state index is 14.4. The highest BCUT2D eigenvalue weighted by molar-refractivity contribution is 6.16. The van der Waals surface area contributed by atoms with Crippen molar-refractivity contribution in [2.45, 2.75) is 76.5 Å². The molecule has 6 rings (SSSR count). The van der Waals surface area contributed by atoms with Gasteiger partial charge < -0.3 is 9.84 Å². The zero-order valence-electron chi connectivity index (χ0n) is 25.0. The fourth-order valence-corrected chi connectivity index (χ4v) is 6.38. The van der Waals surface area contributed by atoms with Crippen LogP contribution in [0.15, 0.2) is 77.4 Å². The molecule has 0 spiro atoms. The van der Waals surface area contributed by atoms with E-state index in [1.165, 1.54) is 12.4 Å². The Morgan fingerprint density at radius 1 is 1.11 bits per heavy atom. The van der Waals surface area contributed by atoms with E-state index in [0.717, 1.165) is 60.1 Å². The molecule has 4 aromatic rings. The number of aromatic nitrogens is 4. The Balaban J connectivity index is 1.37. The molecule has 10 heteroatoms. The normalized spacial score (nSPS) is 19.1. The highest BCUT2D eigenvalue weighted by atomic mass is 16.5. The Morgan fingerprint density at radius 3 is 2.61 bits per heavy atom. The van der Waals surface area contributed by atoms with Gasteiger partial charge in [0.25, 0.3) is 5.56 Å². The summed E-state index contributed by atoms with van der Waals surface area (Å²) in [5.74, 6) is 0.435. The van der Waals surface area contributed by atoms with Crippen LogP contribution in [0.25, 0.3) is 16.9 Å². The summed E-state index contributed by atoms with van der Waals surface area (Å²) in [5, 5.41) is 18.7. The van der Waals surface area contributed by atoms with Gasteiger partial charge in [0.2, 0.25) is 11.7 Å². The number of hydrazone groups is 1. The van der Waals surface area contributed by atoms with Crippen LogP contribution in [0, 0.1) is 0 Å². The summed E-state index contributed by atoms with van der Waals surface area (Å²) in [6.45, 7) is 5.93. The van der Waals surface area contributed by atoms with Crippen molar-refractivity contribution in [3.63, 3.8) is 0 Å². The first-order valence-electron chi connectivity index (χ1n) is 15.4. The van der Waals surface area contributed by atoms with Gasteiger partial charge >= 0.3 is 0 Å². The summed E-state index contributed by atoms with van der Waals surface area (Å²) in [6, 6.07) is 16.2. The van der Waals surface area contributed by atoms with Crippen molar-refractivity contribution in [2.75, 3.05) is 6.61 Å². The molecule has 228 valence electrons. The average molecular weight is 595 g/mol. The molecule has 1 fully saturated rings. The zero-order chi connectivity index (χ0) is 30.6. The van der Waals surface area contributed by atoms with Gasteiger partial charge in [-0.15, -0.1) is 6.58 Å². The summed E-state index contributed by atoms with van der Waals surface area (Å²) >= 11 is 0. The maximum Gasteiger partial charge on any atom is 0.259 e. The van der Waals surface area contributed by atoms with Crippen LogP contribution < -0.4 is 11.0 Å². The standard InChI is InChI=1S/C34H38N6O4/c1-3-8-31-29(18-22-11-16-27(23-9-6-5-7-10-23)28(17-22)30-19-32(42)38-37-30)33(43)39(34-35-21-36-40(31)34)24-12-14-26(15-13-24)44-20-25(41)4-2/h4-7,9-11,16-17,21,24-26,41H,2-3,8,12-15,18-20H2,1H3,(H,38,42). The zero-order valence-corrected chi connectivity index (χ0v) is 25.0. The van der Waals surface area contributed by atoms with E-state index in [1.54, 1.807) is 0 Å². The number of rotatable bonds is 11. The molecule has 10 nitrogen and oxygen atoms in total. The van der Waals surface area contributed by atoms with Crippen LogP contribution in [-0.2, 0) is 22.4 Å². The van der Waals surface area contributed by atoms with Crippen LogP contribution >= 0.6 is 0 Å². The van der Waals surface area contributed by atoms with Crippen molar-refractivity contribution in [3.8, 4) is 11.1 Å². The molecule has 0 saturated heterocycles. The molecule has 1 saturated carbocycles. The van der Waals surface area contributed by atoms with E-state index in [0.29, 0.717) is 29.9 Å². The number of carbonyl (C=O) groups excluding carboxylic acids is 1. The highest BCUT2D eigenvalue weighted by Crippen LogP contribution is 2.32. The van der Waals surface area contributed by atoms with Crippen LogP contribution in [0.2, 0.25) is 0 Å². The van der Waals surface area contributed by atoms with E-state index in [9.17, 15) is 14.7 Å². The van der Waals surface area contributed by atoms with Gasteiger partial charge in [-0.2, -0.15) is 15.2 Å². The van der Waals surface area contributed by atoms with Gasteiger partial charge in [0, 0.05) is 23.6 Å². The molecule has 1 atom stereocenters. The third kappa shape index (κ3) is 6.00. The molecule has 0 bridgehead atoms. The first-order chi connectivity index (χ1) is 21.5. The van der Waals surface area contributed by atoms with Crippen LogP contribution in [0.5, 0.6) is 0 Å². The van der Waals surface area contributed by atoms with E-state index < -0.39 is 6.10 Å². The molecular weight excluding hydrogens is 556 g/mol. The Morgan fingerprint density at radius 2 is 1.91 bits per heavy atom. The number of nitrogens with zero attached hydrogens (tertiary/aromatic N) is 5. The lowest BCUT2D eigenvalue weighted by molar-refractivity contribution is -0.119. The van der Waals surface area contributed by atoms with Gasteiger partial charge in [0.15, 0.2) is 0 Å². The summed E-state index contributed by atoms with van der Waals surface area (Å²) in [4.78, 5) is 31.0. The summed E-state index contributed by atoms with van der Waals surface area (Å²) in [6.07, 6.45) is 7.62. The van der Waals surface area contributed by atoms with Crippen molar-refractivity contribution in [3.05, 3.63) is 100 Å². The topological polar surface area (TPSA) is 123 Å². The molecular formula is C34H38N6O4. The minimum atomic E-state index is -0.681. The third-order valence-electron chi connectivity index (χ3n) is 8.60. The van der Waals surface area contributed by atoms with Crippen LogP contribution in [-0.4, -0.2) is 54.7 Å². The summed E-state index contributed by atoms with van der Waals surface area (Å²) in [5.41, 5.74) is 8.68. The smallest absolute Gasteiger partial charge is 0.259 e. The molecule has 2 aromatic heterocycles. The number of ether oxygens (including phenoxy) is 1. The number of fused-ring (bicyclic) bond motifs is 1. The van der Waals surface area contributed by atoms with Crippen molar-refractivity contribution in [1.29, 1.82) is 0 Å². The number of hydrogen-bond acceptors (Lipinski definition) is 7. The van der Waals surface area contributed by atoms with Gasteiger partial charge in [0.05, 0.1) is 36.6 Å². The Hall–Kier alpha value is -4.41. The molecule has 2 N–H and O–H groups in total. The molecule has 1 aliphatic heterocycles. The lowest BCUT2D eigenvalue weighted by atomic mass is 9.91. The molecule has 44 heavy (non-hydrogen) atoms. The lowest BCUT2D eigenvalue weighted by Gasteiger charge is -2.31. The molecule has 0 radical (unpaired) electrons. The molecule has 2 aliphatic rings. The van der Waals surface area contributed by atoms with E-state index in [4.69, 9.17) is 4.74 Å². The predicted molar refractivity (Wildman–Crippen MR) is 169 cm³/mol. The van der Waals surface area contributed by atoms with Crippen LogP contribution in [0.3, 0.4) is 0 Å². The van der Waals surface area contributed by atoms with Crippen molar-refractivity contribution >= 4 is 17.4 Å². The Bertz CT molecular complexity index is 1750. The molecule has 1 aliphatic carbocycles. The van der Waals surface area contributed by atoms with E-state index >= 15 is 0 Å². The summed E-state index contributed by atoms with van der Waals surface area (Å²) < 4.78 is 9.57. The van der Waals surface area contributed by atoms with E-state index in [2.05, 4.69) is 52.3 Å². The molecule has 1 amide bonds. The average Bonchev–Trinajstić information content (AvgIpc) is 3.72. The minimum absolute atomic E-state index is 0.0331. The quantitative estimate of drug-likeness (QED) is 0.249. The second-order valence-electron chi connectivity index (χ2n) is 11.6. The number of aryl methyl sites for hydroxylation is 1. The van der Waals surface area contributed by atoms with Crippen molar-refractivity contribution in [2.24, 2.45) is 5.10 Å². The summed E-state index contributed by atoms with van der Waals surface area (Å²) in [7, 11) is 0. The van der Waals surface area contributed by atoms with Crippen molar-refractivity contribution in [1.82, 2.24) is 24.6 Å². The fraction of sp³-hybridized carbons (Fsp3) is 0.382. The van der Waals surface area contributed by atoms with Crippen LogP contribution in [0.1, 0.15) is 73.9 Å². The maximum atomic E-state index is 14.4. The Labute approximate surface area is 256 Å². The predicted octanol–water partition coefficient (Wildman–Crippen LogP) is 4.37. The minimum Gasteiger partial charge on any atom is -0.387 e. The highest BCUT2D eigenvalue weighted by Gasteiger charge is 2.29. The number of aliphatic hydroxyl groups is 1. The van der Waals surface area contributed by atoms with E-state index in [1.807, 2.05) is 39.4 Å². The first kappa shape index (κ1) is 29.7. The SMILES string of the molecule is C=CC(O)COC1CCC(n2c(=O)c(Cc3ccc(-c4ccccc4)c(C4=NNC(=O)C4)c3)c(CCC)n3ncnc23)CC1. The van der Waals surface area contributed by atoms with Crippen molar-refractivity contribution < 1.29 is 14.6 Å². The monoisotopic (exact) mass is 594 g/mol. The number of amides is 1. The van der Waals surface area contributed by atoms with Crippen LogP contribution in [0.4, 0.5) is 0 Å². The number of hydrogen-bond donors (Lipinski definition) is 2. The number of aliphatic hydroxyl groups excluding tert-OH is 1. The van der Waals surface area contributed by atoms with Gasteiger partial charge in [-0.25, -0.2) is 9.94 Å². The number of carbonyl (C=O) groups is 1. The second kappa shape index (κ2) is 13.1. The largest absolute Gasteiger partial charge is 0.387 e. The van der Waals surface area contributed by atoms with Gasteiger partial charge in [-0.3, -0.25) is 14.2 Å². The van der Waals surface area contributed by atoms with Gasteiger partial charge in [-0.05, 0) is 54.9 Å². The van der Waals surface area contributed by atoms with E-state index in [-0.39, 0.29) is 36.6 Å². The first-order valence-corrected chi connectivity index (χ1v) is 15.4. The molecule has 2 aromatic carbocycles.